The van der Waals surface area contributed by atoms with Crippen molar-refractivity contribution in [3.05, 3.63) is 87.5 Å². The molecule has 1 aromatic heterocycles. The SMILES string of the molecule is COc1ccc(C2=NC(C(=O)N3CC(C)(O)C3)CO2)cc1C(=O)Nc1c(C(=O)Nc2ccc(F)c(C(F)(F)F)c2)sc2cc(C(F)(F)F)ccc12. The molecule has 6 rings (SSSR count). The van der Waals surface area contributed by atoms with Crippen LogP contribution in [0, 0.1) is 5.82 Å². The number of benzene rings is 3. The number of carbonyl (C=O) groups excluding carboxylic acids is 3. The molecule has 1 atom stereocenters. The second-order valence-corrected chi connectivity index (χ2v) is 13.0. The summed E-state index contributed by atoms with van der Waals surface area (Å²) in [4.78, 5) is 45.4. The van der Waals surface area contributed by atoms with E-state index in [0.29, 0.717) is 23.5 Å². The monoisotopic (exact) mass is 738 g/mol. The van der Waals surface area contributed by atoms with Crippen LogP contribution in [0.2, 0.25) is 0 Å². The highest BCUT2D eigenvalue weighted by Crippen LogP contribution is 2.41. The lowest BCUT2D eigenvalue weighted by Crippen LogP contribution is -2.63. The minimum Gasteiger partial charge on any atom is -0.496 e. The number of nitrogens with one attached hydrogen (secondary N) is 2. The highest BCUT2D eigenvalue weighted by atomic mass is 32.1. The van der Waals surface area contributed by atoms with Crippen molar-refractivity contribution in [2.45, 2.75) is 30.9 Å². The Balaban J connectivity index is 1.33. The third-order valence-electron chi connectivity index (χ3n) is 7.99. The third kappa shape index (κ3) is 7.18. The molecule has 3 aromatic carbocycles. The van der Waals surface area contributed by atoms with Gasteiger partial charge in [0.05, 0.1) is 48.2 Å². The molecule has 0 saturated carbocycles. The second-order valence-electron chi connectivity index (χ2n) is 12.0. The number of fused-ring (bicyclic) bond motifs is 1. The Morgan fingerprint density at radius 2 is 1.71 bits per heavy atom. The molecule has 4 aromatic rings. The van der Waals surface area contributed by atoms with E-state index in [1.807, 2.05) is 0 Å². The fourth-order valence-electron chi connectivity index (χ4n) is 5.57. The predicted molar refractivity (Wildman–Crippen MR) is 171 cm³/mol. The summed E-state index contributed by atoms with van der Waals surface area (Å²) in [6.45, 7) is 1.76. The molecule has 10 nitrogen and oxygen atoms in total. The van der Waals surface area contributed by atoms with Crippen molar-refractivity contribution >= 4 is 56.4 Å². The first kappa shape index (κ1) is 35.6. The number of rotatable bonds is 7. The van der Waals surface area contributed by atoms with Crippen LogP contribution in [-0.4, -0.2) is 72.1 Å². The molecule has 0 bridgehead atoms. The van der Waals surface area contributed by atoms with Gasteiger partial charge in [0.1, 0.15) is 23.1 Å². The number of halogens is 7. The van der Waals surface area contributed by atoms with Gasteiger partial charge in [-0.3, -0.25) is 14.4 Å². The summed E-state index contributed by atoms with van der Waals surface area (Å²) in [5.41, 5.74) is -4.33. The summed E-state index contributed by atoms with van der Waals surface area (Å²) in [7, 11) is 1.27. The molecule has 3 amide bonds. The Labute approximate surface area is 287 Å². The first-order valence-electron chi connectivity index (χ1n) is 14.9. The zero-order valence-electron chi connectivity index (χ0n) is 26.3. The molecule has 51 heavy (non-hydrogen) atoms. The maximum atomic E-state index is 13.9. The van der Waals surface area contributed by atoms with Gasteiger partial charge in [0.25, 0.3) is 17.7 Å². The molecule has 3 N–H and O–H groups in total. The molecule has 0 radical (unpaired) electrons. The van der Waals surface area contributed by atoms with Gasteiger partial charge in [0.2, 0.25) is 5.90 Å². The third-order valence-corrected chi connectivity index (χ3v) is 9.14. The van der Waals surface area contributed by atoms with Crippen LogP contribution >= 0.6 is 11.3 Å². The molecular weight excluding hydrogens is 713 g/mol. The summed E-state index contributed by atoms with van der Waals surface area (Å²) in [5.74, 6) is -3.90. The number of hydrogen-bond acceptors (Lipinski definition) is 8. The number of thiophene rings is 1. The summed E-state index contributed by atoms with van der Waals surface area (Å²) >= 11 is 0.532. The van der Waals surface area contributed by atoms with Gasteiger partial charge in [0.15, 0.2) is 6.04 Å². The van der Waals surface area contributed by atoms with E-state index in [0.717, 1.165) is 24.3 Å². The van der Waals surface area contributed by atoms with Gasteiger partial charge in [-0.2, -0.15) is 26.3 Å². The van der Waals surface area contributed by atoms with E-state index < -0.39 is 58.4 Å². The van der Waals surface area contributed by atoms with Crippen LogP contribution in [0.4, 0.5) is 42.1 Å². The fraction of sp³-hybridized carbons (Fsp3) is 0.273. The Bertz CT molecular complexity index is 2100. The highest BCUT2D eigenvalue weighted by molar-refractivity contribution is 7.21. The van der Waals surface area contributed by atoms with Crippen LogP contribution in [0.1, 0.15) is 43.6 Å². The number of ether oxygens (including phenoxy) is 2. The minimum atomic E-state index is -5.09. The number of likely N-dealkylation sites (tertiary alicyclic amines) is 1. The van der Waals surface area contributed by atoms with Crippen LogP contribution < -0.4 is 15.4 Å². The molecule has 2 aliphatic heterocycles. The Hall–Kier alpha value is -5.23. The first-order chi connectivity index (χ1) is 23.8. The van der Waals surface area contributed by atoms with E-state index in [2.05, 4.69) is 15.6 Å². The average molecular weight is 739 g/mol. The standard InChI is InChI=1S/C33H25F7N4O6S/c1-31(48)13-44(14-31)30(47)22-12-50-29(42-22)15-3-8-23(49-2)19(9-15)27(45)43-25-18-6-4-16(32(35,36)37)10-24(18)51-26(25)28(46)41-17-5-7-21(34)20(11-17)33(38,39)40/h3-11,22,48H,12-14H2,1-2H3,(H,41,46)(H,43,45). The van der Waals surface area contributed by atoms with Crippen molar-refractivity contribution in [2.75, 3.05) is 37.4 Å². The zero-order chi connectivity index (χ0) is 37.0. The van der Waals surface area contributed by atoms with Gasteiger partial charge in [-0.25, -0.2) is 9.38 Å². The molecule has 1 fully saturated rings. The fourth-order valence-corrected chi connectivity index (χ4v) is 6.66. The molecule has 0 spiro atoms. The van der Waals surface area contributed by atoms with Gasteiger partial charge < -0.3 is 30.1 Å². The number of amides is 3. The number of aliphatic imine (C=N–C) groups is 1. The largest absolute Gasteiger partial charge is 0.496 e. The van der Waals surface area contributed by atoms with E-state index in [9.17, 15) is 50.2 Å². The molecular formula is C33H25F7N4O6S. The first-order valence-corrected chi connectivity index (χ1v) is 15.7. The van der Waals surface area contributed by atoms with Gasteiger partial charge in [-0.05, 0) is 55.5 Å². The van der Waals surface area contributed by atoms with E-state index in [-0.39, 0.29) is 69.0 Å². The molecule has 1 saturated heterocycles. The zero-order valence-corrected chi connectivity index (χ0v) is 27.1. The van der Waals surface area contributed by atoms with Crippen LogP contribution in [-0.2, 0) is 21.9 Å². The van der Waals surface area contributed by atoms with Crippen molar-refractivity contribution in [1.29, 1.82) is 0 Å². The lowest BCUT2D eigenvalue weighted by Gasteiger charge is -2.44. The number of alkyl halides is 6. The highest BCUT2D eigenvalue weighted by Gasteiger charge is 2.43. The smallest absolute Gasteiger partial charge is 0.419 e. The average Bonchev–Trinajstić information content (AvgIpc) is 3.68. The Kier molecular flexibility index (Phi) is 8.95. The molecule has 0 aliphatic carbocycles. The topological polar surface area (TPSA) is 130 Å². The number of β-amino-alcohol motifs (C(OH)–C–C–N with tert-alkyl or cyclic N) is 1. The summed E-state index contributed by atoms with van der Waals surface area (Å²) in [6.07, 6.45) is -9.85. The van der Waals surface area contributed by atoms with Gasteiger partial charge in [-0.1, -0.05) is 6.07 Å². The van der Waals surface area contributed by atoms with Gasteiger partial charge in [-0.15, -0.1) is 11.3 Å². The van der Waals surface area contributed by atoms with Gasteiger partial charge >= 0.3 is 12.4 Å². The van der Waals surface area contributed by atoms with E-state index in [4.69, 9.17) is 9.47 Å². The van der Waals surface area contributed by atoms with Crippen molar-refractivity contribution in [2.24, 2.45) is 4.99 Å². The predicted octanol–water partition coefficient (Wildman–Crippen LogP) is 6.33. The van der Waals surface area contributed by atoms with Crippen molar-refractivity contribution in [3.63, 3.8) is 0 Å². The maximum Gasteiger partial charge on any atom is 0.419 e. The van der Waals surface area contributed by atoms with E-state index in [1.54, 1.807) is 6.92 Å². The molecule has 1 unspecified atom stereocenters. The number of anilines is 2. The quantitative estimate of drug-likeness (QED) is 0.190. The van der Waals surface area contributed by atoms with Crippen LogP contribution in [0.3, 0.4) is 0 Å². The molecule has 268 valence electrons. The van der Waals surface area contributed by atoms with E-state index in [1.165, 1.54) is 30.2 Å². The number of methoxy groups -OCH3 is 1. The van der Waals surface area contributed by atoms with E-state index >= 15 is 0 Å². The van der Waals surface area contributed by atoms with Crippen molar-refractivity contribution < 1.29 is 59.7 Å². The normalized spacial score (nSPS) is 17.0. The summed E-state index contributed by atoms with van der Waals surface area (Å²) < 4.78 is 105. The number of carbonyl (C=O) groups is 3. The van der Waals surface area contributed by atoms with Crippen LogP contribution in [0.25, 0.3) is 10.1 Å². The molecule has 3 heterocycles. The minimum absolute atomic E-state index is 0.00605. The van der Waals surface area contributed by atoms with Crippen molar-refractivity contribution in [1.82, 2.24) is 4.90 Å². The lowest BCUT2D eigenvalue weighted by molar-refractivity contribution is -0.153. The second kappa shape index (κ2) is 12.8. The lowest BCUT2D eigenvalue weighted by atomic mass is 9.96. The number of nitrogens with zero attached hydrogens (tertiary/aromatic N) is 2. The molecule has 18 heteroatoms. The number of hydrogen-bond donors (Lipinski definition) is 3. The Morgan fingerprint density at radius 3 is 2.35 bits per heavy atom. The van der Waals surface area contributed by atoms with Crippen molar-refractivity contribution in [3.8, 4) is 5.75 Å². The number of aliphatic hydroxyl groups is 1. The molecule has 2 aliphatic rings. The summed E-state index contributed by atoms with van der Waals surface area (Å²) in [5, 5.41) is 14.7. The maximum absolute atomic E-state index is 13.9. The van der Waals surface area contributed by atoms with Crippen LogP contribution in [0.5, 0.6) is 5.75 Å². The van der Waals surface area contributed by atoms with Crippen LogP contribution in [0.15, 0.2) is 59.6 Å². The summed E-state index contributed by atoms with van der Waals surface area (Å²) in [6, 6.07) is 7.56. The Morgan fingerprint density at radius 1 is 0.980 bits per heavy atom. The van der Waals surface area contributed by atoms with Gasteiger partial charge in [0, 0.05) is 21.3 Å².